The molecule has 0 saturated heterocycles. The van der Waals surface area contributed by atoms with Crippen LogP contribution in [0.3, 0.4) is 0 Å². The molecule has 1 aromatic rings. The van der Waals surface area contributed by atoms with Gasteiger partial charge < -0.3 is 4.74 Å². The van der Waals surface area contributed by atoms with Crippen LogP contribution in [0.5, 0.6) is 5.75 Å². The van der Waals surface area contributed by atoms with Crippen molar-refractivity contribution in [3.8, 4) is 5.75 Å². The van der Waals surface area contributed by atoms with E-state index in [1.54, 1.807) is 22.6 Å². The molecule has 0 aromatic carbocycles. The molecule has 0 atom stereocenters. The molecular weight excluding hydrogens is 401 g/mol. The predicted molar refractivity (Wildman–Crippen MR) is 56.4 cm³/mol. The highest BCUT2D eigenvalue weighted by molar-refractivity contribution is 14.1. The zero-order valence-corrected chi connectivity index (χ0v) is 10.7. The standard InChI is InChI=1S/C6HBrClF3INO/c7-6(10,11)14-4-2(9)1-3(12)13-5(4)8/h1H. The van der Waals surface area contributed by atoms with Crippen molar-refractivity contribution in [3.63, 3.8) is 0 Å². The maximum atomic E-state index is 13.0. The van der Waals surface area contributed by atoms with Crippen molar-refractivity contribution in [2.75, 3.05) is 0 Å². The summed E-state index contributed by atoms with van der Waals surface area (Å²) < 4.78 is 41.8. The van der Waals surface area contributed by atoms with E-state index in [1.807, 2.05) is 15.9 Å². The van der Waals surface area contributed by atoms with Crippen LogP contribution in [0.4, 0.5) is 13.2 Å². The Morgan fingerprint density at radius 3 is 2.57 bits per heavy atom. The van der Waals surface area contributed by atoms with Gasteiger partial charge in [-0.3, -0.25) is 0 Å². The molecule has 0 aliphatic heterocycles. The Hall–Kier alpha value is 0.240. The Labute approximate surface area is 104 Å². The van der Waals surface area contributed by atoms with Crippen LogP contribution in [0.2, 0.25) is 5.15 Å². The molecule has 0 amide bonds. The Kier molecular flexibility index (Phi) is 3.87. The van der Waals surface area contributed by atoms with E-state index in [0.717, 1.165) is 6.07 Å². The Morgan fingerprint density at radius 2 is 2.14 bits per heavy atom. The van der Waals surface area contributed by atoms with Crippen molar-refractivity contribution < 1.29 is 17.9 Å². The lowest BCUT2D eigenvalue weighted by Crippen LogP contribution is -2.16. The highest BCUT2D eigenvalue weighted by Crippen LogP contribution is 2.33. The third-order valence-corrected chi connectivity index (χ3v) is 2.04. The van der Waals surface area contributed by atoms with Crippen molar-refractivity contribution in [2.24, 2.45) is 0 Å². The van der Waals surface area contributed by atoms with Gasteiger partial charge in [-0.05, 0) is 22.6 Å². The second kappa shape index (κ2) is 4.40. The molecule has 1 heterocycles. The second-order valence-corrected chi connectivity index (χ2v) is 4.48. The highest BCUT2D eigenvalue weighted by Gasteiger charge is 2.30. The van der Waals surface area contributed by atoms with Crippen molar-refractivity contribution in [2.45, 2.75) is 5.02 Å². The van der Waals surface area contributed by atoms with Crippen LogP contribution in [0.25, 0.3) is 0 Å². The van der Waals surface area contributed by atoms with Gasteiger partial charge in [-0.1, -0.05) is 11.6 Å². The number of alkyl halides is 3. The number of aromatic nitrogens is 1. The fourth-order valence-corrected chi connectivity index (χ4v) is 1.69. The first-order valence-corrected chi connectivity index (χ1v) is 5.32. The quantitative estimate of drug-likeness (QED) is 0.427. The zero-order chi connectivity index (χ0) is 10.9. The first kappa shape index (κ1) is 12.3. The Bertz CT molecular complexity index is 336. The summed E-state index contributed by atoms with van der Waals surface area (Å²) in [5.74, 6) is -1.78. The first-order chi connectivity index (χ1) is 6.29. The molecule has 14 heavy (non-hydrogen) atoms. The fraction of sp³-hybridized carbons (Fsp3) is 0.167. The molecule has 1 aromatic heterocycles. The number of hydrogen-bond acceptors (Lipinski definition) is 2. The summed E-state index contributed by atoms with van der Waals surface area (Å²) in [5.41, 5.74) is 0. The third kappa shape index (κ3) is 3.43. The molecule has 0 aliphatic rings. The topological polar surface area (TPSA) is 22.1 Å². The summed E-state index contributed by atoms with van der Waals surface area (Å²) in [4.78, 5) is 3.55. The van der Waals surface area contributed by atoms with Gasteiger partial charge in [-0.25, -0.2) is 9.37 Å². The monoisotopic (exact) mass is 401 g/mol. The van der Waals surface area contributed by atoms with Crippen molar-refractivity contribution in [1.29, 1.82) is 0 Å². The molecular formula is C6HBrClF3INO. The van der Waals surface area contributed by atoms with E-state index in [9.17, 15) is 13.2 Å². The summed E-state index contributed by atoms with van der Waals surface area (Å²) in [6, 6.07) is 0.931. The van der Waals surface area contributed by atoms with Gasteiger partial charge >= 0.3 is 5.02 Å². The molecule has 0 N–H and O–H groups in total. The van der Waals surface area contributed by atoms with E-state index in [4.69, 9.17) is 11.6 Å². The summed E-state index contributed by atoms with van der Waals surface area (Å²) in [7, 11) is 0. The summed E-state index contributed by atoms with van der Waals surface area (Å²) in [6.45, 7) is 0. The van der Waals surface area contributed by atoms with Crippen molar-refractivity contribution in [3.05, 3.63) is 20.7 Å². The first-order valence-electron chi connectivity index (χ1n) is 3.07. The number of halogens is 6. The smallest absolute Gasteiger partial charge is 0.417 e. The SMILES string of the molecule is Fc1cc(I)nc(Cl)c1OC(F)(F)Br. The van der Waals surface area contributed by atoms with Crippen molar-refractivity contribution in [1.82, 2.24) is 4.98 Å². The largest absolute Gasteiger partial charge is 0.459 e. The number of rotatable bonds is 2. The minimum absolute atomic E-state index is 0.246. The lowest BCUT2D eigenvalue weighted by molar-refractivity contribution is -0.0825. The molecule has 0 saturated carbocycles. The lowest BCUT2D eigenvalue weighted by atomic mass is 10.4. The molecule has 0 unspecified atom stereocenters. The van der Waals surface area contributed by atoms with Crippen LogP contribution < -0.4 is 4.74 Å². The van der Waals surface area contributed by atoms with E-state index in [1.165, 1.54) is 0 Å². The molecule has 1 rings (SSSR count). The Morgan fingerprint density at radius 1 is 1.57 bits per heavy atom. The molecule has 78 valence electrons. The van der Waals surface area contributed by atoms with E-state index < -0.39 is 21.7 Å². The van der Waals surface area contributed by atoms with Gasteiger partial charge in [0, 0.05) is 22.0 Å². The van der Waals surface area contributed by atoms with E-state index in [-0.39, 0.29) is 3.70 Å². The predicted octanol–water partition coefficient (Wildman–Crippen LogP) is 3.80. The van der Waals surface area contributed by atoms with Gasteiger partial charge in [-0.15, -0.1) is 0 Å². The van der Waals surface area contributed by atoms with Crippen LogP contribution in [0.15, 0.2) is 6.07 Å². The highest BCUT2D eigenvalue weighted by atomic mass is 127. The molecule has 0 aliphatic carbocycles. The third-order valence-electron chi connectivity index (χ3n) is 1.07. The number of pyridine rings is 1. The molecule has 0 spiro atoms. The molecule has 2 nitrogen and oxygen atoms in total. The maximum Gasteiger partial charge on any atom is 0.459 e. The summed E-state index contributed by atoms with van der Waals surface area (Å²) in [5, 5.41) is -4.13. The number of ether oxygens (including phenoxy) is 1. The average molecular weight is 402 g/mol. The van der Waals surface area contributed by atoms with Gasteiger partial charge in [0.05, 0.1) is 0 Å². The van der Waals surface area contributed by atoms with E-state index in [2.05, 4.69) is 9.72 Å². The molecule has 0 radical (unpaired) electrons. The fourth-order valence-electron chi connectivity index (χ4n) is 0.652. The second-order valence-electron chi connectivity index (χ2n) is 2.09. The lowest BCUT2D eigenvalue weighted by Gasteiger charge is -2.12. The molecule has 8 heteroatoms. The van der Waals surface area contributed by atoms with Crippen LogP contribution in [-0.4, -0.2) is 10.0 Å². The molecule has 0 fully saturated rings. The minimum Gasteiger partial charge on any atom is -0.417 e. The zero-order valence-electron chi connectivity index (χ0n) is 6.20. The van der Waals surface area contributed by atoms with Gasteiger partial charge in [0.15, 0.2) is 16.7 Å². The van der Waals surface area contributed by atoms with Crippen LogP contribution in [-0.2, 0) is 0 Å². The summed E-state index contributed by atoms with van der Waals surface area (Å²) >= 11 is 8.99. The van der Waals surface area contributed by atoms with Gasteiger partial charge in [0.25, 0.3) is 0 Å². The van der Waals surface area contributed by atoms with Crippen molar-refractivity contribution >= 4 is 50.1 Å². The van der Waals surface area contributed by atoms with Crippen LogP contribution in [0, 0.1) is 9.52 Å². The minimum atomic E-state index is -3.67. The van der Waals surface area contributed by atoms with Crippen LogP contribution >= 0.6 is 50.1 Å². The maximum absolute atomic E-state index is 13.0. The van der Waals surface area contributed by atoms with Gasteiger partial charge in [0.1, 0.15) is 3.70 Å². The summed E-state index contributed by atoms with van der Waals surface area (Å²) in [6.07, 6.45) is 0. The normalized spacial score (nSPS) is 11.6. The van der Waals surface area contributed by atoms with Gasteiger partial charge in [-0.2, -0.15) is 8.78 Å². The van der Waals surface area contributed by atoms with Gasteiger partial charge in [0.2, 0.25) is 0 Å². The van der Waals surface area contributed by atoms with E-state index >= 15 is 0 Å². The molecule has 0 bridgehead atoms. The Balaban J connectivity index is 3.09. The number of nitrogens with zero attached hydrogens (tertiary/aromatic N) is 1. The number of hydrogen-bond donors (Lipinski definition) is 0. The average Bonchev–Trinajstić information content (AvgIpc) is 1.95. The van der Waals surface area contributed by atoms with E-state index in [0.29, 0.717) is 0 Å². The van der Waals surface area contributed by atoms with Crippen LogP contribution in [0.1, 0.15) is 0 Å².